The van der Waals surface area contributed by atoms with Crippen molar-refractivity contribution in [3.05, 3.63) is 5.01 Å². The van der Waals surface area contributed by atoms with Gasteiger partial charge in [0, 0.05) is 39.3 Å². The molecule has 20 heavy (non-hydrogen) atoms. The first kappa shape index (κ1) is 13.8. The van der Waals surface area contributed by atoms with E-state index in [4.69, 9.17) is 0 Å². The summed E-state index contributed by atoms with van der Waals surface area (Å²) in [5, 5.41) is 12.3. The van der Waals surface area contributed by atoms with Gasteiger partial charge in [0.1, 0.15) is 0 Å². The van der Waals surface area contributed by atoms with Gasteiger partial charge >= 0.3 is 0 Å². The molecule has 1 aliphatic carbocycles. The molecule has 1 saturated carbocycles. The molecule has 1 aromatic heterocycles. The van der Waals surface area contributed by atoms with E-state index < -0.39 is 0 Å². The fourth-order valence-corrected chi connectivity index (χ4v) is 3.25. The molecular formula is C13H21N5OS. The van der Waals surface area contributed by atoms with Gasteiger partial charge in [0.2, 0.25) is 10.1 Å². The minimum Gasteiger partial charge on any atom is -0.360 e. The van der Waals surface area contributed by atoms with Crippen molar-refractivity contribution in [3.8, 4) is 0 Å². The van der Waals surface area contributed by atoms with Crippen molar-refractivity contribution in [3.63, 3.8) is 0 Å². The molecule has 0 atom stereocenters. The van der Waals surface area contributed by atoms with Crippen LogP contribution in [0.2, 0.25) is 0 Å². The van der Waals surface area contributed by atoms with Gasteiger partial charge in [-0.05, 0) is 25.7 Å². The average Bonchev–Trinajstić information content (AvgIpc) is 3.15. The van der Waals surface area contributed by atoms with Gasteiger partial charge in [0.05, 0.1) is 0 Å². The molecule has 3 rings (SSSR count). The highest BCUT2D eigenvalue weighted by Gasteiger charge is 2.28. The molecule has 7 heteroatoms. The third-order valence-corrected chi connectivity index (χ3v) is 4.68. The lowest BCUT2D eigenvalue weighted by atomic mass is 10.3. The summed E-state index contributed by atoms with van der Waals surface area (Å²) in [6, 6.07) is 0. The Labute approximate surface area is 123 Å². The van der Waals surface area contributed by atoms with Crippen molar-refractivity contribution >= 4 is 22.4 Å². The van der Waals surface area contributed by atoms with E-state index in [-0.39, 0.29) is 5.91 Å². The normalized spacial score (nSPS) is 20.1. The van der Waals surface area contributed by atoms with E-state index in [0.29, 0.717) is 5.01 Å². The second kappa shape index (κ2) is 6.05. The standard InChI is InChI=1S/C13H21N5OS/c1-2-14-13-16-15-11(20-13)12(19)18-7-5-17(6-8-18)9-10-3-4-10/h10H,2-9H2,1H3,(H,14,16). The molecule has 0 spiro atoms. The number of amides is 1. The lowest BCUT2D eigenvalue weighted by Crippen LogP contribution is -2.49. The maximum atomic E-state index is 12.3. The van der Waals surface area contributed by atoms with Gasteiger partial charge in [-0.25, -0.2) is 0 Å². The zero-order valence-corrected chi connectivity index (χ0v) is 12.7. The summed E-state index contributed by atoms with van der Waals surface area (Å²) >= 11 is 1.34. The second-order valence-electron chi connectivity index (χ2n) is 5.48. The average molecular weight is 295 g/mol. The number of nitrogens with one attached hydrogen (secondary N) is 1. The van der Waals surface area contributed by atoms with Crippen molar-refractivity contribution in [2.75, 3.05) is 44.6 Å². The van der Waals surface area contributed by atoms with Crippen LogP contribution in [0, 0.1) is 5.92 Å². The minimum absolute atomic E-state index is 0.0257. The molecule has 2 aliphatic rings. The van der Waals surface area contributed by atoms with Gasteiger partial charge in [0.15, 0.2) is 0 Å². The number of carbonyl (C=O) groups is 1. The molecule has 6 nitrogen and oxygen atoms in total. The Balaban J connectivity index is 1.52. The molecule has 1 aliphatic heterocycles. The highest BCUT2D eigenvalue weighted by Crippen LogP contribution is 2.30. The van der Waals surface area contributed by atoms with Crippen molar-refractivity contribution in [1.29, 1.82) is 0 Å². The van der Waals surface area contributed by atoms with Crippen molar-refractivity contribution in [2.24, 2.45) is 5.92 Å². The number of nitrogens with zero attached hydrogens (tertiary/aromatic N) is 4. The molecule has 0 bridgehead atoms. The fraction of sp³-hybridized carbons (Fsp3) is 0.769. The molecule has 0 aromatic carbocycles. The monoisotopic (exact) mass is 295 g/mol. The second-order valence-corrected chi connectivity index (χ2v) is 6.46. The van der Waals surface area contributed by atoms with Crippen LogP contribution in [0.1, 0.15) is 29.6 Å². The Morgan fingerprint density at radius 3 is 2.70 bits per heavy atom. The van der Waals surface area contributed by atoms with Crippen LogP contribution in [0.4, 0.5) is 5.13 Å². The zero-order valence-electron chi connectivity index (χ0n) is 11.8. The highest BCUT2D eigenvalue weighted by molar-refractivity contribution is 7.17. The van der Waals surface area contributed by atoms with Crippen LogP contribution in [-0.4, -0.2) is 65.2 Å². The molecule has 0 radical (unpaired) electrons. The molecule has 0 unspecified atom stereocenters. The van der Waals surface area contributed by atoms with Crippen LogP contribution < -0.4 is 5.32 Å². The quantitative estimate of drug-likeness (QED) is 0.882. The third kappa shape index (κ3) is 3.27. The van der Waals surface area contributed by atoms with E-state index >= 15 is 0 Å². The topological polar surface area (TPSA) is 61.4 Å². The van der Waals surface area contributed by atoms with E-state index in [2.05, 4.69) is 20.4 Å². The van der Waals surface area contributed by atoms with Gasteiger partial charge in [-0.2, -0.15) is 0 Å². The molecule has 1 N–H and O–H groups in total. The molecule has 2 heterocycles. The number of piperazine rings is 1. The highest BCUT2D eigenvalue weighted by atomic mass is 32.1. The largest absolute Gasteiger partial charge is 0.360 e. The fourth-order valence-electron chi connectivity index (χ4n) is 2.47. The van der Waals surface area contributed by atoms with Crippen LogP contribution in [0.15, 0.2) is 0 Å². The Morgan fingerprint density at radius 2 is 2.05 bits per heavy atom. The van der Waals surface area contributed by atoms with Crippen LogP contribution in [0.3, 0.4) is 0 Å². The van der Waals surface area contributed by atoms with Gasteiger partial charge in [-0.1, -0.05) is 11.3 Å². The summed E-state index contributed by atoms with van der Waals surface area (Å²) in [6.07, 6.45) is 2.77. The maximum Gasteiger partial charge on any atom is 0.284 e. The number of carbonyl (C=O) groups excluding carboxylic acids is 1. The Hall–Kier alpha value is -1.21. The Kier molecular flexibility index (Phi) is 4.16. The van der Waals surface area contributed by atoms with E-state index in [9.17, 15) is 4.79 Å². The summed E-state index contributed by atoms with van der Waals surface area (Å²) in [5.74, 6) is 0.945. The summed E-state index contributed by atoms with van der Waals surface area (Å²) < 4.78 is 0. The van der Waals surface area contributed by atoms with Gasteiger partial charge in [-0.3, -0.25) is 9.69 Å². The van der Waals surface area contributed by atoms with Gasteiger partial charge in [-0.15, -0.1) is 10.2 Å². The summed E-state index contributed by atoms with van der Waals surface area (Å²) in [7, 11) is 0. The van der Waals surface area contributed by atoms with E-state index in [1.807, 2.05) is 11.8 Å². The van der Waals surface area contributed by atoms with Crippen LogP contribution in [-0.2, 0) is 0 Å². The van der Waals surface area contributed by atoms with Crippen LogP contribution in [0.25, 0.3) is 0 Å². The predicted molar refractivity (Wildman–Crippen MR) is 79.1 cm³/mol. The molecule has 2 fully saturated rings. The summed E-state index contributed by atoms with van der Waals surface area (Å²) in [4.78, 5) is 16.7. The number of anilines is 1. The third-order valence-electron chi connectivity index (χ3n) is 3.81. The zero-order chi connectivity index (χ0) is 13.9. The smallest absolute Gasteiger partial charge is 0.284 e. The van der Waals surface area contributed by atoms with Gasteiger partial charge < -0.3 is 10.2 Å². The first-order valence-corrected chi connectivity index (χ1v) is 8.17. The lowest BCUT2D eigenvalue weighted by Gasteiger charge is -2.34. The lowest BCUT2D eigenvalue weighted by molar-refractivity contribution is 0.0631. The number of hydrogen-bond donors (Lipinski definition) is 1. The van der Waals surface area contributed by atoms with Crippen molar-refractivity contribution in [2.45, 2.75) is 19.8 Å². The number of rotatable bonds is 5. The first-order chi connectivity index (χ1) is 9.76. The SMILES string of the molecule is CCNc1nnc(C(=O)N2CCN(CC3CC3)CC2)s1. The van der Waals surface area contributed by atoms with Crippen molar-refractivity contribution < 1.29 is 4.79 Å². The van der Waals surface area contributed by atoms with E-state index in [1.54, 1.807) is 0 Å². The summed E-state index contributed by atoms with van der Waals surface area (Å²) in [5.41, 5.74) is 0. The number of aromatic nitrogens is 2. The Bertz CT molecular complexity index is 465. The molecular weight excluding hydrogens is 274 g/mol. The van der Waals surface area contributed by atoms with Gasteiger partial charge in [0.25, 0.3) is 5.91 Å². The van der Waals surface area contributed by atoms with E-state index in [1.165, 1.54) is 30.7 Å². The molecule has 110 valence electrons. The number of hydrogen-bond acceptors (Lipinski definition) is 6. The molecule has 1 amide bonds. The summed E-state index contributed by atoms with van der Waals surface area (Å²) in [6.45, 7) is 7.60. The molecule has 1 aromatic rings. The maximum absolute atomic E-state index is 12.3. The van der Waals surface area contributed by atoms with E-state index in [0.717, 1.165) is 43.8 Å². The molecule has 1 saturated heterocycles. The van der Waals surface area contributed by atoms with Crippen LogP contribution in [0.5, 0.6) is 0 Å². The minimum atomic E-state index is 0.0257. The van der Waals surface area contributed by atoms with Crippen molar-refractivity contribution in [1.82, 2.24) is 20.0 Å². The van der Waals surface area contributed by atoms with Crippen LogP contribution >= 0.6 is 11.3 Å². The first-order valence-electron chi connectivity index (χ1n) is 7.35. The Morgan fingerprint density at radius 1 is 1.30 bits per heavy atom. The predicted octanol–water partition coefficient (Wildman–Crippen LogP) is 1.14.